The van der Waals surface area contributed by atoms with Gasteiger partial charge in [0, 0.05) is 5.92 Å². The summed E-state index contributed by atoms with van der Waals surface area (Å²) < 4.78 is 0. The van der Waals surface area contributed by atoms with Gasteiger partial charge < -0.3 is 5.73 Å². The van der Waals surface area contributed by atoms with Crippen LogP contribution in [-0.4, -0.2) is 11.8 Å². The number of rotatable bonds is 5. The van der Waals surface area contributed by atoms with Gasteiger partial charge in [-0.25, -0.2) is 0 Å². The lowest BCUT2D eigenvalue weighted by Gasteiger charge is -2.12. The maximum atomic E-state index is 11.5. The van der Waals surface area contributed by atoms with E-state index in [0.717, 1.165) is 12.8 Å². The molecule has 0 spiro atoms. The van der Waals surface area contributed by atoms with Gasteiger partial charge in [0.25, 0.3) is 0 Å². The molecule has 15 heavy (non-hydrogen) atoms. The van der Waals surface area contributed by atoms with Gasteiger partial charge in [-0.05, 0) is 18.4 Å². The predicted octanol–water partition coefficient (Wildman–Crippen LogP) is 2.17. The Balaban J connectivity index is 2.41. The van der Waals surface area contributed by atoms with Crippen molar-refractivity contribution < 1.29 is 4.79 Å². The Labute approximate surface area is 91.5 Å². The second-order valence-corrected chi connectivity index (χ2v) is 4.19. The van der Waals surface area contributed by atoms with E-state index in [2.05, 4.69) is 12.1 Å². The first-order valence-corrected chi connectivity index (χ1v) is 5.44. The molecule has 0 aliphatic rings. The van der Waals surface area contributed by atoms with Crippen LogP contribution in [0.2, 0.25) is 0 Å². The van der Waals surface area contributed by atoms with Crippen molar-refractivity contribution in [1.82, 2.24) is 0 Å². The lowest BCUT2D eigenvalue weighted by molar-refractivity contribution is -0.123. The normalized spacial score (nSPS) is 12.8. The molecular formula is C13H19NO. The second kappa shape index (κ2) is 5.66. The van der Waals surface area contributed by atoms with Gasteiger partial charge in [-0.15, -0.1) is 0 Å². The van der Waals surface area contributed by atoms with E-state index in [1.807, 2.05) is 32.0 Å². The number of nitrogens with two attached hydrogens (primary N) is 1. The van der Waals surface area contributed by atoms with Crippen LogP contribution in [0.3, 0.4) is 0 Å². The third-order valence-corrected chi connectivity index (χ3v) is 2.52. The topological polar surface area (TPSA) is 43.1 Å². The number of carbonyl (C=O) groups is 1. The Kier molecular flexibility index (Phi) is 4.50. The summed E-state index contributed by atoms with van der Waals surface area (Å²) in [5, 5.41) is 0. The molecule has 1 aromatic rings. The summed E-state index contributed by atoms with van der Waals surface area (Å²) in [5.41, 5.74) is 7.06. The van der Waals surface area contributed by atoms with E-state index in [1.54, 1.807) is 0 Å². The summed E-state index contributed by atoms with van der Waals surface area (Å²) in [6, 6.07) is 9.81. The highest BCUT2D eigenvalue weighted by Crippen LogP contribution is 2.07. The number of ketones is 1. The summed E-state index contributed by atoms with van der Waals surface area (Å²) in [7, 11) is 0. The molecule has 2 heteroatoms. The van der Waals surface area contributed by atoms with E-state index in [9.17, 15) is 4.79 Å². The van der Waals surface area contributed by atoms with E-state index in [4.69, 9.17) is 5.73 Å². The van der Waals surface area contributed by atoms with Crippen molar-refractivity contribution in [2.75, 3.05) is 0 Å². The minimum absolute atomic E-state index is 0.0378. The Morgan fingerprint density at radius 1 is 1.27 bits per heavy atom. The Hall–Kier alpha value is -1.15. The molecule has 0 fully saturated rings. The Morgan fingerprint density at radius 3 is 2.40 bits per heavy atom. The summed E-state index contributed by atoms with van der Waals surface area (Å²) in [6.45, 7) is 3.79. The molecule has 0 aromatic heterocycles. The third kappa shape index (κ3) is 3.84. The smallest absolute Gasteiger partial charge is 0.152 e. The number of benzene rings is 1. The summed E-state index contributed by atoms with van der Waals surface area (Å²) in [4.78, 5) is 11.5. The number of hydrogen-bond donors (Lipinski definition) is 1. The monoisotopic (exact) mass is 205 g/mol. The van der Waals surface area contributed by atoms with Crippen molar-refractivity contribution in [2.45, 2.75) is 32.7 Å². The van der Waals surface area contributed by atoms with E-state index >= 15 is 0 Å². The summed E-state index contributed by atoms with van der Waals surface area (Å²) in [5.74, 6) is 0.196. The molecule has 0 unspecified atom stereocenters. The van der Waals surface area contributed by atoms with Crippen LogP contribution in [0.4, 0.5) is 0 Å². The van der Waals surface area contributed by atoms with Crippen LogP contribution in [0.25, 0.3) is 0 Å². The average Bonchev–Trinajstić information content (AvgIpc) is 2.26. The molecule has 0 aliphatic carbocycles. The lowest BCUT2D eigenvalue weighted by Crippen LogP contribution is -2.34. The third-order valence-electron chi connectivity index (χ3n) is 2.52. The molecule has 1 rings (SSSR count). The molecule has 0 saturated heterocycles. The van der Waals surface area contributed by atoms with Crippen LogP contribution in [0.15, 0.2) is 30.3 Å². The molecule has 0 radical (unpaired) electrons. The fourth-order valence-corrected chi connectivity index (χ4v) is 1.54. The molecular weight excluding hydrogens is 186 g/mol. The number of aryl methyl sites for hydroxylation is 1. The fourth-order valence-electron chi connectivity index (χ4n) is 1.54. The highest BCUT2D eigenvalue weighted by Gasteiger charge is 2.16. The molecule has 0 amide bonds. The van der Waals surface area contributed by atoms with Gasteiger partial charge in [-0.1, -0.05) is 44.2 Å². The largest absolute Gasteiger partial charge is 0.321 e. The fraction of sp³-hybridized carbons (Fsp3) is 0.462. The molecule has 0 saturated carbocycles. The molecule has 82 valence electrons. The van der Waals surface area contributed by atoms with Gasteiger partial charge in [0.15, 0.2) is 5.78 Å². The van der Waals surface area contributed by atoms with E-state index in [1.165, 1.54) is 5.56 Å². The standard InChI is InChI=1S/C13H19NO/c1-10(2)13(15)12(14)9-8-11-6-4-3-5-7-11/h3-7,10,12H,8-9,14H2,1-2H3/t12-/m0/s1. The molecule has 0 heterocycles. The number of carbonyl (C=O) groups excluding carboxylic acids is 1. The quantitative estimate of drug-likeness (QED) is 0.800. The maximum Gasteiger partial charge on any atom is 0.152 e. The summed E-state index contributed by atoms with van der Waals surface area (Å²) >= 11 is 0. The van der Waals surface area contributed by atoms with E-state index in [0.29, 0.717) is 0 Å². The van der Waals surface area contributed by atoms with Crippen LogP contribution in [0, 0.1) is 5.92 Å². The average molecular weight is 205 g/mol. The zero-order chi connectivity index (χ0) is 11.3. The minimum Gasteiger partial charge on any atom is -0.321 e. The summed E-state index contributed by atoms with van der Waals surface area (Å²) in [6.07, 6.45) is 1.61. The molecule has 2 nitrogen and oxygen atoms in total. The van der Waals surface area contributed by atoms with Crippen LogP contribution in [0.5, 0.6) is 0 Å². The molecule has 2 N–H and O–H groups in total. The maximum absolute atomic E-state index is 11.5. The predicted molar refractivity (Wildman–Crippen MR) is 62.6 cm³/mol. The first kappa shape index (κ1) is 11.9. The van der Waals surface area contributed by atoms with Crippen molar-refractivity contribution >= 4 is 5.78 Å². The number of hydrogen-bond acceptors (Lipinski definition) is 2. The van der Waals surface area contributed by atoms with Gasteiger partial charge in [-0.3, -0.25) is 4.79 Å². The zero-order valence-corrected chi connectivity index (χ0v) is 9.44. The van der Waals surface area contributed by atoms with Crippen molar-refractivity contribution in [3.8, 4) is 0 Å². The molecule has 1 aromatic carbocycles. The van der Waals surface area contributed by atoms with Crippen molar-refractivity contribution in [2.24, 2.45) is 11.7 Å². The Bertz CT molecular complexity index is 306. The van der Waals surface area contributed by atoms with Gasteiger partial charge in [0.2, 0.25) is 0 Å². The minimum atomic E-state index is -0.315. The van der Waals surface area contributed by atoms with Crippen molar-refractivity contribution in [3.63, 3.8) is 0 Å². The van der Waals surface area contributed by atoms with Crippen molar-refractivity contribution in [1.29, 1.82) is 0 Å². The van der Waals surface area contributed by atoms with E-state index in [-0.39, 0.29) is 17.7 Å². The number of Topliss-reactive ketones (excluding diaryl/α,β-unsaturated/α-hetero) is 1. The zero-order valence-electron chi connectivity index (χ0n) is 9.44. The van der Waals surface area contributed by atoms with Crippen molar-refractivity contribution in [3.05, 3.63) is 35.9 Å². The first-order chi connectivity index (χ1) is 7.11. The highest BCUT2D eigenvalue weighted by molar-refractivity contribution is 5.85. The van der Waals surface area contributed by atoms with Crippen LogP contribution in [-0.2, 0) is 11.2 Å². The van der Waals surface area contributed by atoms with Gasteiger partial charge >= 0.3 is 0 Å². The van der Waals surface area contributed by atoms with Gasteiger partial charge in [-0.2, -0.15) is 0 Å². The Morgan fingerprint density at radius 2 is 1.87 bits per heavy atom. The van der Waals surface area contributed by atoms with Crippen LogP contribution >= 0.6 is 0 Å². The highest BCUT2D eigenvalue weighted by atomic mass is 16.1. The molecule has 1 atom stereocenters. The lowest BCUT2D eigenvalue weighted by atomic mass is 9.97. The van der Waals surface area contributed by atoms with Gasteiger partial charge in [0.05, 0.1) is 6.04 Å². The SMILES string of the molecule is CC(C)C(=O)[C@@H](N)CCc1ccccc1. The van der Waals surface area contributed by atoms with E-state index < -0.39 is 0 Å². The van der Waals surface area contributed by atoms with Gasteiger partial charge in [0.1, 0.15) is 0 Å². The van der Waals surface area contributed by atoms with Crippen LogP contribution in [0.1, 0.15) is 25.8 Å². The molecule has 0 aliphatic heterocycles. The van der Waals surface area contributed by atoms with Crippen LogP contribution < -0.4 is 5.73 Å². The second-order valence-electron chi connectivity index (χ2n) is 4.19. The molecule has 0 bridgehead atoms. The first-order valence-electron chi connectivity index (χ1n) is 5.44.